The van der Waals surface area contributed by atoms with Crippen LogP contribution in [0.5, 0.6) is 17.2 Å². The Balaban J connectivity index is 1.68. The van der Waals surface area contributed by atoms with Gasteiger partial charge < -0.3 is 24.1 Å². The summed E-state index contributed by atoms with van der Waals surface area (Å²) in [5.41, 5.74) is 1.02. The molecule has 1 fully saturated rings. The molecule has 38 heavy (non-hydrogen) atoms. The quantitative estimate of drug-likeness (QED) is 0.215. The van der Waals surface area contributed by atoms with Gasteiger partial charge in [0.1, 0.15) is 29.6 Å². The molecule has 1 unspecified atom stereocenters. The minimum absolute atomic E-state index is 0.127. The highest BCUT2D eigenvalue weighted by molar-refractivity contribution is 7.17. The van der Waals surface area contributed by atoms with Crippen molar-refractivity contribution in [3.63, 3.8) is 0 Å². The molecule has 2 aliphatic rings. The summed E-state index contributed by atoms with van der Waals surface area (Å²) in [5, 5.41) is 11.5. The largest absolute Gasteiger partial charge is 0.507 e. The van der Waals surface area contributed by atoms with Crippen molar-refractivity contribution < 1.29 is 38.4 Å². The highest BCUT2D eigenvalue weighted by Gasteiger charge is 2.48. The van der Waals surface area contributed by atoms with Crippen molar-refractivity contribution in [3.8, 4) is 17.2 Å². The van der Waals surface area contributed by atoms with Gasteiger partial charge in [0.25, 0.3) is 5.78 Å². The molecule has 0 saturated carbocycles. The summed E-state index contributed by atoms with van der Waals surface area (Å²) >= 11 is 0.942. The molecular formula is C27H24N2O8S. The summed E-state index contributed by atoms with van der Waals surface area (Å²) in [4.78, 5) is 45.2. The number of thiazole rings is 1. The number of amides is 1. The molecule has 5 rings (SSSR count). The minimum Gasteiger partial charge on any atom is -0.507 e. The summed E-state index contributed by atoms with van der Waals surface area (Å²) in [7, 11) is 1.50. The van der Waals surface area contributed by atoms with Crippen molar-refractivity contribution in [1.82, 2.24) is 4.98 Å². The Morgan fingerprint density at radius 1 is 1.16 bits per heavy atom. The van der Waals surface area contributed by atoms with Gasteiger partial charge in [-0.2, -0.15) is 0 Å². The summed E-state index contributed by atoms with van der Waals surface area (Å²) in [5.74, 6) is -1.30. The first-order chi connectivity index (χ1) is 18.3. The number of carbonyl (C=O) groups is 3. The van der Waals surface area contributed by atoms with E-state index in [1.807, 2.05) is 0 Å². The molecule has 1 N–H and O–H groups in total. The van der Waals surface area contributed by atoms with Crippen molar-refractivity contribution in [2.24, 2.45) is 0 Å². The molecule has 1 aromatic heterocycles. The van der Waals surface area contributed by atoms with Gasteiger partial charge in [-0.15, -0.1) is 0 Å². The van der Waals surface area contributed by atoms with E-state index in [1.165, 1.54) is 12.0 Å². The second-order valence-corrected chi connectivity index (χ2v) is 9.41. The van der Waals surface area contributed by atoms with Crippen LogP contribution in [0.25, 0.3) is 5.76 Å². The zero-order chi connectivity index (χ0) is 27.0. The van der Waals surface area contributed by atoms with E-state index in [0.29, 0.717) is 41.7 Å². The van der Waals surface area contributed by atoms with Gasteiger partial charge in [0, 0.05) is 5.56 Å². The van der Waals surface area contributed by atoms with E-state index in [0.717, 1.165) is 11.3 Å². The molecule has 2 aromatic carbocycles. The minimum atomic E-state index is -1.04. The van der Waals surface area contributed by atoms with Crippen LogP contribution < -0.4 is 19.1 Å². The first-order valence-electron chi connectivity index (χ1n) is 11.8. The fraction of sp³-hybridized carbons (Fsp3) is 0.259. The van der Waals surface area contributed by atoms with E-state index in [1.54, 1.807) is 56.3 Å². The number of nitrogens with zero attached hydrogens (tertiary/aromatic N) is 2. The second-order valence-electron chi connectivity index (χ2n) is 8.44. The van der Waals surface area contributed by atoms with E-state index in [9.17, 15) is 19.5 Å². The van der Waals surface area contributed by atoms with Crippen LogP contribution in [0.4, 0.5) is 5.13 Å². The molecule has 1 amide bonds. The lowest BCUT2D eigenvalue weighted by atomic mass is 9.95. The van der Waals surface area contributed by atoms with E-state index in [2.05, 4.69) is 4.98 Å². The fourth-order valence-electron chi connectivity index (χ4n) is 4.37. The number of esters is 1. The molecule has 3 heterocycles. The number of hydrogen-bond donors (Lipinski definition) is 1. The van der Waals surface area contributed by atoms with Gasteiger partial charge in [-0.1, -0.05) is 23.5 Å². The number of aliphatic hydroxyl groups is 1. The van der Waals surface area contributed by atoms with Crippen LogP contribution in [0.1, 0.15) is 39.5 Å². The third-order valence-corrected chi connectivity index (χ3v) is 7.26. The van der Waals surface area contributed by atoms with Crippen LogP contribution in [-0.4, -0.2) is 54.7 Å². The molecule has 10 nitrogen and oxygen atoms in total. The Bertz CT molecular complexity index is 1480. The van der Waals surface area contributed by atoms with Gasteiger partial charge in [-0.25, -0.2) is 9.78 Å². The lowest BCUT2D eigenvalue weighted by Gasteiger charge is -2.23. The highest BCUT2D eigenvalue weighted by atomic mass is 32.1. The van der Waals surface area contributed by atoms with E-state index < -0.39 is 23.7 Å². The maximum Gasteiger partial charge on any atom is 0.350 e. The third-order valence-electron chi connectivity index (χ3n) is 6.12. The van der Waals surface area contributed by atoms with Crippen LogP contribution in [-0.2, 0) is 14.3 Å². The number of methoxy groups -OCH3 is 1. The molecule has 3 aromatic rings. The number of aromatic nitrogens is 1. The van der Waals surface area contributed by atoms with Crippen LogP contribution in [0, 0.1) is 6.92 Å². The lowest BCUT2D eigenvalue weighted by Crippen LogP contribution is -2.29. The standard InChI is InChI=1S/C27H24N2O8S/c1-4-35-26(33)24-14(2)28-27(38-24)29-21(15-6-5-7-17(12-15)34-3)20(23(31)25(29)32)22(30)16-8-9-18-19(13-16)37-11-10-36-18/h5-9,12-13,21,30H,4,10-11H2,1-3H3. The summed E-state index contributed by atoms with van der Waals surface area (Å²) in [6.07, 6.45) is 0. The molecule has 1 saturated heterocycles. The zero-order valence-corrected chi connectivity index (χ0v) is 21.7. The van der Waals surface area contributed by atoms with Gasteiger partial charge in [0.05, 0.1) is 31.0 Å². The molecule has 11 heteroatoms. The summed E-state index contributed by atoms with van der Waals surface area (Å²) in [6.45, 7) is 4.24. The van der Waals surface area contributed by atoms with Crippen LogP contribution in [0.3, 0.4) is 0 Å². The van der Waals surface area contributed by atoms with Gasteiger partial charge in [0.2, 0.25) is 0 Å². The number of hydrogen-bond acceptors (Lipinski definition) is 10. The molecule has 1 atom stereocenters. The summed E-state index contributed by atoms with van der Waals surface area (Å²) < 4.78 is 21.6. The van der Waals surface area contributed by atoms with E-state index in [4.69, 9.17) is 18.9 Å². The zero-order valence-electron chi connectivity index (χ0n) is 20.8. The normalized spacial score (nSPS) is 18.0. The Morgan fingerprint density at radius 3 is 2.66 bits per heavy atom. The predicted molar refractivity (Wildman–Crippen MR) is 138 cm³/mol. The Kier molecular flexibility index (Phi) is 6.77. The highest BCUT2D eigenvalue weighted by Crippen LogP contribution is 2.45. The van der Waals surface area contributed by atoms with Crippen molar-refractivity contribution in [2.75, 3.05) is 31.8 Å². The number of benzene rings is 2. The third kappa shape index (κ3) is 4.34. The topological polar surface area (TPSA) is 124 Å². The van der Waals surface area contributed by atoms with Gasteiger partial charge in [-0.3, -0.25) is 14.5 Å². The number of fused-ring (bicyclic) bond motifs is 1. The molecule has 2 aliphatic heterocycles. The molecule has 0 bridgehead atoms. The van der Waals surface area contributed by atoms with Gasteiger partial charge in [-0.05, 0) is 49.7 Å². The lowest BCUT2D eigenvalue weighted by molar-refractivity contribution is -0.132. The number of ether oxygens (including phenoxy) is 4. The number of aliphatic hydroxyl groups excluding tert-OH is 1. The smallest absolute Gasteiger partial charge is 0.350 e. The molecule has 0 radical (unpaired) electrons. The first-order valence-corrected chi connectivity index (χ1v) is 12.6. The number of ketones is 1. The fourth-order valence-corrected chi connectivity index (χ4v) is 5.36. The van der Waals surface area contributed by atoms with E-state index >= 15 is 0 Å². The van der Waals surface area contributed by atoms with E-state index in [-0.39, 0.29) is 33.5 Å². The Morgan fingerprint density at radius 2 is 1.92 bits per heavy atom. The summed E-state index contributed by atoms with van der Waals surface area (Å²) in [6, 6.07) is 10.6. The monoisotopic (exact) mass is 536 g/mol. The number of Topliss-reactive ketones (excluding diaryl/α,β-unsaturated/α-hetero) is 1. The van der Waals surface area contributed by atoms with Gasteiger partial charge >= 0.3 is 11.9 Å². The number of carbonyl (C=O) groups excluding carboxylic acids is 3. The van der Waals surface area contributed by atoms with Crippen LogP contribution in [0.15, 0.2) is 48.0 Å². The number of anilines is 1. The maximum atomic E-state index is 13.4. The van der Waals surface area contributed by atoms with Crippen molar-refractivity contribution in [3.05, 3.63) is 69.7 Å². The van der Waals surface area contributed by atoms with Crippen molar-refractivity contribution in [1.29, 1.82) is 0 Å². The predicted octanol–water partition coefficient (Wildman–Crippen LogP) is 4.03. The van der Waals surface area contributed by atoms with Crippen LogP contribution in [0.2, 0.25) is 0 Å². The van der Waals surface area contributed by atoms with Crippen molar-refractivity contribution >= 4 is 39.9 Å². The first kappa shape index (κ1) is 25.3. The maximum absolute atomic E-state index is 13.4. The molecule has 0 aliphatic carbocycles. The average molecular weight is 537 g/mol. The molecular weight excluding hydrogens is 512 g/mol. The van der Waals surface area contributed by atoms with Crippen molar-refractivity contribution in [2.45, 2.75) is 19.9 Å². The number of rotatable bonds is 6. The molecule has 196 valence electrons. The Hall–Kier alpha value is -4.38. The second kappa shape index (κ2) is 10.2. The Labute approximate surface area is 222 Å². The number of aryl methyl sites for hydroxylation is 1. The molecule has 0 spiro atoms. The van der Waals surface area contributed by atoms with Gasteiger partial charge in [0.15, 0.2) is 16.6 Å². The van der Waals surface area contributed by atoms with Crippen LogP contribution >= 0.6 is 11.3 Å². The average Bonchev–Trinajstić information content (AvgIpc) is 3.44. The SMILES string of the molecule is CCOC(=O)c1sc(N2C(=O)C(=O)C(=C(O)c3ccc4c(c3)OCCO4)C2c2cccc(OC)c2)nc1C.